The number of nitrogens with zero attached hydrogens (tertiary/aromatic N) is 1. The maximum absolute atomic E-state index is 3.69. The van der Waals surface area contributed by atoms with Crippen molar-refractivity contribution in [1.29, 1.82) is 0 Å². The van der Waals surface area contributed by atoms with Gasteiger partial charge < -0.3 is 4.90 Å². The van der Waals surface area contributed by atoms with Crippen LogP contribution >= 0.6 is 0 Å². The van der Waals surface area contributed by atoms with Crippen LogP contribution in [0, 0.1) is 0 Å². The van der Waals surface area contributed by atoms with E-state index in [1.165, 1.54) is 0 Å². The Hall–Kier alpha value is -0.980. The lowest BCUT2D eigenvalue weighted by Gasteiger charge is -2.16. The Morgan fingerprint density at radius 3 is 2.40 bits per heavy atom. The summed E-state index contributed by atoms with van der Waals surface area (Å²) in [4.78, 5) is 2.11. The molecule has 0 atom stereocenters. The van der Waals surface area contributed by atoms with Gasteiger partial charge in [0.05, 0.1) is 0 Å². The fourth-order valence-corrected chi connectivity index (χ4v) is 0.654. The van der Waals surface area contributed by atoms with Gasteiger partial charge in [-0.1, -0.05) is 19.2 Å². The molecule has 0 bridgehead atoms. The monoisotopic (exact) mass is 137 g/mol. The number of hydrogen-bond donors (Lipinski definition) is 0. The molecule has 10 heavy (non-hydrogen) atoms. The van der Waals surface area contributed by atoms with Crippen LogP contribution in [0.25, 0.3) is 0 Å². The number of rotatable bonds is 4. The summed E-state index contributed by atoms with van der Waals surface area (Å²) in [5, 5.41) is 0. The predicted octanol–water partition coefficient (Wildman–Crippen LogP) is 2.19. The summed E-state index contributed by atoms with van der Waals surface area (Å²) in [6, 6.07) is 0. The molecular formula is C9H15N. The van der Waals surface area contributed by atoms with Crippen LogP contribution in [0.3, 0.4) is 0 Å². The molecule has 0 aliphatic rings. The first-order chi connectivity index (χ1) is 4.76. The van der Waals surface area contributed by atoms with Crippen molar-refractivity contribution in [1.82, 2.24) is 4.90 Å². The quantitative estimate of drug-likeness (QED) is 0.537. The summed E-state index contributed by atoms with van der Waals surface area (Å²) in [7, 11) is 2.02. The summed E-state index contributed by atoms with van der Waals surface area (Å²) in [6.07, 6.45) is 5.53. The van der Waals surface area contributed by atoms with E-state index >= 15 is 0 Å². The van der Waals surface area contributed by atoms with Crippen molar-refractivity contribution < 1.29 is 0 Å². The van der Waals surface area contributed by atoms with Crippen LogP contribution in [-0.4, -0.2) is 18.5 Å². The summed E-state index contributed by atoms with van der Waals surface area (Å²) in [5.41, 5.74) is 1.11. The van der Waals surface area contributed by atoms with Gasteiger partial charge in [0.1, 0.15) is 0 Å². The molecular weight excluding hydrogens is 122 g/mol. The van der Waals surface area contributed by atoms with E-state index in [1.807, 2.05) is 19.2 Å². The number of allylic oxidation sites excluding steroid dienone is 3. The third-order valence-corrected chi connectivity index (χ3v) is 1.41. The van der Waals surface area contributed by atoms with Gasteiger partial charge in [0, 0.05) is 19.3 Å². The molecule has 0 spiro atoms. The van der Waals surface area contributed by atoms with E-state index in [2.05, 4.69) is 25.0 Å². The molecule has 0 aromatic carbocycles. The van der Waals surface area contributed by atoms with Crippen molar-refractivity contribution in [3.05, 3.63) is 37.1 Å². The summed E-state index contributed by atoms with van der Waals surface area (Å²) >= 11 is 0. The molecule has 0 rings (SSSR count). The van der Waals surface area contributed by atoms with Crippen molar-refractivity contribution in [2.45, 2.75) is 6.92 Å². The second kappa shape index (κ2) is 4.86. The Morgan fingerprint density at radius 2 is 2.10 bits per heavy atom. The van der Waals surface area contributed by atoms with Gasteiger partial charge in [-0.3, -0.25) is 0 Å². The first kappa shape index (κ1) is 9.02. The Bertz CT molecular complexity index is 145. The van der Waals surface area contributed by atoms with E-state index in [0.717, 1.165) is 12.2 Å². The van der Waals surface area contributed by atoms with Crippen LogP contribution in [-0.2, 0) is 0 Å². The maximum Gasteiger partial charge on any atom is 0.0357 e. The molecule has 1 nitrogen and oxygen atoms in total. The molecule has 0 radical (unpaired) electrons. The molecule has 0 fully saturated rings. The van der Waals surface area contributed by atoms with Crippen LogP contribution < -0.4 is 0 Å². The number of hydrogen-bond acceptors (Lipinski definition) is 1. The SMILES string of the molecule is C=C/C=C(\C=C)N(C)CC. The highest BCUT2D eigenvalue weighted by molar-refractivity contribution is 5.19. The Kier molecular flexibility index (Phi) is 4.38. The van der Waals surface area contributed by atoms with E-state index in [0.29, 0.717) is 0 Å². The van der Waals surface area contributed by atoms with Crippen molar-refractivity contribution >= 4 is 0 Å². The zero-order chi connectivity index (χ0) is 7.98. The second-order valence-corrected chi connectivity index (χ2v) is 2.05. The average molecular weight is 137 g/mol. The van der Waals surface area contributed by atoms with Gasteiger partial charge in [0.25, 0.3) is 0 Å². The highest BCUT2D eigenvalue weighted by Gasteiger charge is 1.93. The lowest BCUT2D eigenvalue weighted by atomic mass is 10.3. The fourth-order valence-electron chi connectivity index (χ4n) is 0.654. The molecule has 0 aliphatic heterocycles. The Morgan fingerprint density at radius 1 is 1.50 bits per heavy atom. The van der Waals surface area contributed by atoms with Crippen molar-refractivity contribution in [3.63, 3.8) is 0 Å². The highest BCUT2D eigenvalue weighted by Crippen LogP contribution is 2.00. The molecule has 56 valence electrons. The predicted molar refractivity (Wildman–Crippen MR) is 46.8 cm³/mol. The third kappa shape index (κ3) is 2.53. The summed E-state index contributed by atoms with van der Waals surface area (Å²) in [6.45, 7) is 10.4. The maximum atomic E-state index is 3.69. The van der Waals surface area contributed by atoms with Gasteiger partial charge in [-0.15, -0.1) is 0 Å². The molecule has 1 heteroatoms. The van der Waals surface area contributed by atoms with Gasteiger partial charge in [0.15, 0.2) is 0 Å². The zero-order valence-electron chi connectivity index (χ0n) is 6.80. The first-order valence-corrected chi connectivity index (χ1v) is 3.42. The first-order valence-electron chi connectivity index (χ1n) is 3.42. The topological polar surface area (TPSA) is 3.24 Å². The molecule has 0 heterocycles. The Labute approximate surface area is 63.3 Å². The molecule has 0 unspecified atom stereocenters. The fraction of sp³-hybridized carbons (Fsp3) is 0.333. The van der Waals surface area contributed by atoms with Gasteiger partial charge in [-0.05, 0) is 19.1 Å². The molecule has 0 aromatic rings. The highest BCUT2D eigenvalue weighted by atomic mass is 15.1. The normalized spacial score (nSPS) is 10.8. The minimum atomic E-state index is 0.992. The van der Waals surface area contributed by atoms with Crippen molar-refractivity contribution in [3.8, 4) is 0 Å². The summed E-state index contributed by atoms with van der Waals surface area (Å²) < 4.78 is 0. The van der Waals surface area contributed by atoms with Gasteiger partial charge in [-0.25, -0.2) is 0 Å². The van der Waals surface area contributed by atoms with Crippen LogP contribution in [0.2, 0.25) is 0 Å². The molecule has 0 N–H and O–H groups in total. The molecule has 0 aliphatic carbocycles. The van der Waals surface area contributed by atoms with Gasteiger partial charge in [-0.2, -0.15) is 0 Å². The van der Waals surface area contributed by atoms with Crippen LogP contribution in [0.1, 0.15) is 6.92 Å². The van der Waals surface area contributed by atoms with Crippen LogP contribution in [0.5, 0.6) is 0 Å². The van der Waals surface area contributed by atoms with E-state index < -0.39 is 0 Å². The van der Waals surface area contributed by atoms with Crippen LogP contribution in [0.4, 0.5) is 0 Å². The van der Waals surface area contributed by atoms with Gasteiger partial charge >= 0.3 is 0 Å². The second-order valence-electron chi connectivity index (χ2n) is 2.05. The van der Waals surface area contributed by atoms with Crippen molar-refractivity contribution in [2.24, 2.45) is 0 Å². The Balaban J connectivity index is 4.18. The molecule has 0 amide bonds. The molecule has 0 saturated carbocycles. The van der Waals surface area contributed by atoms with E-state index in [9.17, 15) is 0 Å². The van der Waals surface area contributed by atoms with E-state index in [4.69, 9.17) is 0 Å². The van der Waals surface area contributed by atoms with Crippen LogP contribution in [0.15, 0.2) is 37.1 Å². The zero-order valence-corrected chi connectivity index (χ0v) is 6.80. The third-order valence-electron chi connectivity index (χ3n) is 1.41. The van der Waals surface area contributed by atoms with Crippen molar-refractivity contribution in [2.75, 3.05) is 13.6 Å². The van der Waals surface area contributed by atoms with E-state index in [-0.39, 0.29) is 0 Å². The average Bonchev–Trinajstić information content (AvgIpc) is 1.99. The lowest BCUT2D eigenvalue weighted by molar-refractivity contribution is 0.456. The minimum Gasteiger partial charge on any atom is -0.375 e. The standard InChI is InChI=1S/C9H15N/c1-5-8-9(6-2)10(4)7-3/h5-6,8H,1-2,7H2,3-4H3/b9-8+. The smallest absolute Gasteiger partial charge is 0.0357 e. The van der Waals surface area contributed by atoms with E-state index in [1.54, 1.807) is 6.08 Å². The largest absolute Gasteiger partial charge is 0.375 e. The van der Waals surface area contributed by atoms with Gasteiger partial charge in [0.2, 0.25) is 0 Å². The lowest BCUT2D eigenvalue weighted by Crippen LogP contribution is -2.14. The summed E-state index contributed by atoms with van der Waals surface area (Å²) in [5.74, 6) is 0. The minimum absolute atomic E-state index is 0.992. The molecule has 0 aromatic heterocycles. The molecule has 0 saturated heterocycles. The number of likely N-dealkylation sites (N-methyl/N-ethyl adjacent to an activating group) is 1.